The molecule has 2 saturated heterocycles. The first kappa shape index (κ1) is 12.4. The maximum atomic E-state index is 3.81. The van der Waals surface area contributed by atoms with Crippen molar-refractivity contribution in [2.75, 3.05) is 26.2 Å². The van der Waals surface area contributed by atoms with E-state index in [0.717, 1.165) is 11.8 Å². The summed E-state index contributed by atoms with van der Waals surface area (Å²) < 4.78 is 0. The van der Waals surface area contributed by atoms with E-state index in [4.69, 9.17) is 0 Å². The van der Waals surface area contributed by atoms with Gasteiger partial charge in [-0.1, -0.05) is 20.8 Å². The molecule has 0 amide bonds. The van der Waals surface area contributed by atoms with Crippen molar-refractivity contribution in [3.8, 4) is 0 Å². The lowest BCUT2D eigenvalue weighted by atomic mass is 9.77. The number of likely N-dealkylation sites (tertiary alicyclic amines) is 1. The molecule has 0 aliphatic carbocycles. The van der Waals surface area contributed by atoms with E-state index in [-0.39, 0.29) is 0 Å². The van der Waals surface area contributed by atoms with Gasteiger partial charge in [-0.05, 0) is 57.2 Å². The van der Waals surface area contributed by atoms with Gasteiger partial charge in [0.15, 0.2) is 0 Å². The Morgan fingerprint density at radius 2 is 2.25 bits per heavy atom. The average molecular weight is 224 g/mol. The summed E-state index contributed by atoms with van der Waals surface area (Å²) in [7, 11) is 0. The van der Waals surface area contributed by atoms with E-state index in [2.05, 4.69) is 31.0 Å². The van der Waals surface area contributed by atoms with Crippen molar-refractivity contribution in [1.29, 1.82) is 0 Å². The molecule has 2 atom stereocenters. The molecule has 16 heavy (non-hydrogen) atoms. The summed E-state index contributed by atoms with van der Waals surface area (Å²) in [6.45, 7) is 12.2. The van der Waals surface area contributed by atoms with Crippen molar-refractivity contribution < 1.29 is 0 Å². The highest BCUT2D eigenvalue weighted by Crippen LogP contribution is 2.36. The van der Waals surface area contributed by atoms with E-state index < -0.39 is 0 Å². The molecular formula is C14H28N2. The summed E-state index contributed by atoms with van der Waals surface area (Å²) in [6, 6.07) is 0. The molecule has 2 heteroatoms. The van der Waals surface area contributed by atoms with E-state index >= 15 is 0 Å². The molecule has 94 valence electrons. The van der Waals surface area contributed by atoms with Gasteiger partial charge >= 0.3 is 0 Å². The van der Waals surface area contributed by atoms with E-state index in [1.165, 1.54) is 51.9 Å². The molecule has 2 fully saturated rings. The van der Waals surface area contributed by atoms with Crippen LogP contribution in [0.1, 0.15) is 46.5 Å². The SMILES string of the molecule is CCN1CCC(CC2(C(C)C)CCCN2)C1. The van der Waals surface area contributed by atoms with Crippen LogP contribution >= 0.6 is 0 Å². The fraction of sp³-hybridized carbons (Fsp3) is 1.00. The average Bonchev–Trinajstić information content (AvgIpc) is 2.88. The van der Waals surface area contributed by atoms with Crippen molar-refractivity contribution in [3.63, 3.8) is 0 Å². The summed E-state index contributed by atoms with van der Waals surface area (Å²) in [5.74, 6) is 1.72. The van der Waals surface area contributed by atoms with Crippen LogP contribution in [0.2, 0.25) is 0 Å². The first-order chi connectivity index (χ1) is 7.66. The molecule has 0 aromatic carbocycles. The molecule has 0 aromatic rings. The van der Waals surface area contributed by atoms with Gasteiger partial charge in [0.05, 0.1) is 0 Å². The lowest BCUT2D eigenvalue weighted by Gasteiger charge is -2.36. The Bertz CT molecular complexity index is 219. The minimum Gasteiger partial charge on any atom is -0.311 e. The molecule has 2 aliphatic heterocycles. The van der Waals surface area contributed by atoms with E-state index in [1.54, 1.807) is 0 Å². The van der Waals surface area contributed by atoms with Gasteiger partial charge in [0.25, 0.3) is 0 Å². The third kappa shape index (κ3) is 2.43. The second-order valence-corrected chi connectivity index (χ2v) is 6.09. The lowest BCUT2D eigenvalue weighted by Crippen LogP contribution is -2.46. The summed E-state index contributed by atoms with van der Waals surface area (Å²) in [4.78, 5) is 2.60. The second kappa shape index (κ2) is 5.05. The maximum Gasteiger partial charge on any atom is 0.0208 e. The summed E-state index contributed by atoms with van der Waals surface area (Å²) in [5.41, 5.74) is 0.467. The Hall–Kier alpha value is -0.0800. The highest BCUT2D eigenvalue weighted by Gasteiger charge is 2.39. The molecule has 2 aliphatic rings. The third-order valence-corrected chi connectivity index (χ3v) is 4.85. The van der Waals surface area contributed by atoms with Gasteiger partial charge < -0.3 is 10.2 Å². The van der Waals surface area contributed by atoms with Crippen molar-refractivity contribution in [1.82, 2.24) is 10.2 Å². The largest absolute Gasteiger partial charge is 0.311 e. The van der Waals surface area contributed by atoms with Crippen molar-refractivity contribution in [2.45, 2.75) is 52.0 Å². The van der Waals surface area contributed by atoms with Crippen LogP contribution in [0.25, 0.3) is 0 Å². The first-order valence-electron chi connectivity index (χ1n) is 7.13. The third-order valence-electron chi connectivity index (χ3n) is 4.85. The molecule has 1 N–H and O–H groups in total. The normalized spacial score (nSPS) is 36.4. The second-order valence-electron chi connectivity index (χ2n) is 6.09. The zero-order valence-corrected chi connectivity index (χ0v) is 11.3. The van der Waals surface area contributed by atoms with Gasteiger partial charge in [0.2, 0.25) is 0 Å². The minimum atomic E-state index is 0.467. The van der Waals surface area contributed by atoms with Crippen LogP contribution in [0.4, 0.5) is 0 Å². The first-order valence-corrected chi connectivity index (χ1v) is 7.13. The van der Waals surface area contributed by atoms with E-state index in [1.807, 2.05) is 0 Å². The van der Waals surface area contributed by atoms with Gasteiger partial charge in [0.1, 0.15) is 0 Å². The zero-order valence-electron chi connectivity index (χ0n) is 11.3. The fourth-order valence-electron chi connectivity index (χ4n) is 3.61. The van der Waals surface area contributed by atoms with Crippen LogP contribution in [0.5, 0.6) is 0 Å². The van der Waals surface area contributed by atoms with Crippen LogP contribution in [-0.4, -0.2) is 36.6 Å². The number of nitrogens with zero attached hydrogens (tertiary/aromatic N) is 1. The molecule has 2 unspecified atom stereocenters. The van der Waals surface area contributed by atoms with Gasteiger partial charge in [0, 0.05) is 12.1 Å². The molecule has 0 radical (unpaired) electrons. The standard InChI is InChI=1S/C14H28N2/c1-4-16-9-6-13(11-16)10-14(12(2)3)7-5-8-15-14/h12-13,15H,4-11H2,1-3H3. The van der Waals surface area contributed by atoms with E-state index in [9.17, 15) is 0 Å². The molecule has 0 bridgehead atoms. The van der Waals surface area contributed by atoms with Crippen LogP contribution in [0.15, 0.2) is 0 Å². The highest BCUT2D eigenvalue weighted by atomic mass is 15.1. The van der Waals surface area contributed by atoms with Crippen LogP contribution in [0, 0.1) is 11.8 Å². The maximum absolute atomic E-state index is 3.81. The minimum absolute atomic E-state index is 0.467. The Balaban J connectivity index is 1.92. The van der Waals surface area contributed by atoms with Crippen molar-refractivity contribution in [3.05, 3.63) is 0 Å². The van der Waals surface area contributed by atoms with Crippen LogP contribution in [-0.2, 0) is 0 Å². The summed E-state index contributed by atoms with van der Waals surface area (Å²) >= 11 is 0. The quantitative estimate of drug-likeness (QED) is 0.789. The molecule has 2 rings (SSSR count). The van der Waals surface area contributed by atoms with Crippen molar-refractivity contribution >= 4 is 0 Å². The summed E-state index contributed by atoms with van der Waals surface area (Å²) in [6.07, 6.45) is 5.60. The van der Waals surface area contributed by atoms with Crippen LogP contribution in [0.3, 0.4) is 0 Å². The number of nitrogens with one attached hydrogen (secondary N) is 1. The molecular weight excluding hydrogens is 196 g/mol. The van der Waals surface area contributed by atoms with Gasteiger partial charge in [-0.3, -0.25) is 0 Å². The lowest BCUT2D eigenvalue weighted by molar-refractivity contribution is 0.209. The van der Waals surface area contributed by atoms with Gasteiger partial charge in [-0.15, -0.1) is 0 Å². The Morgan fingerprint density at radius 1 is 1.44 bits per heavy atom. The molecule has 2 heterocycles. The predicted molar refractivity (Wildman–Crippen MR) is 69.6 cm³/mol. The molecule has 0 spiro atoms. The predicted octanol–water partition coefficient (Wildman–Crippen LogP) is 2.50. The monoisotopic (exact) mass is 224 g/mol. The number of hydrogen-bond acceptors (Lipinski definition) is 2. The summed E-state index contributed by atoms with van der Waals surface area (Å²) in [5, 5.41) is 3.81. The number of hydrogen-bond donors (Lipinski definition) is 1. The van der Waals surface area contributed by atoms with Crippen LogP contribution < -0.4 is 5.32 Å². The Labute approximate surface area is 101 Å². The number of rotatable bonds is 4. The highest BCUT2D eigenvalue weighted by molar-refractivity contribution is 4.98. The Kier molecular flexibility index (Phi) is 3.91. The van der Waals surface area contributed by atoms with Gasteiger partial charge in [-0.2, -0.15) is 0 Å². The molecule has 2 nitrogen and oxygen atoms in total. The van der Waals surface area contributed by atoms with E-state index in [0.29, 0.717) is 5.54 Å². The van der Waals surface area contributed by atoms with Gasteiger partial charge in [-0.25, -0.2) is 0 Å². The molecule has 0 aromatic heterocycles. The Morgan fingerprint density at radius 3 is 2.75 bits per heavy atom. The topological polar surface area (TPSA) is 15.3 Å². The zero-order chi connectivity index (χ0) is 11.6. The smallest absolute Gasteiger partial charge is 0.0208 e. The fourth-order valence-corrected chi connectivity index (χ4v) is 3.61. The molecule has 0 saturated carbocycles. The van der Waals surface area contributed by atoms with Crippen molar-refractivity contribution in [2.24, 2.45) is 11.8 Å².